The number of rotatable bonds is 6. The average Bonchev–Trinajstić information content (AvgIpc) is 3.23. The summed E-state index contributed by atoms with van der Waals surface area (Å²) in [6.07, 6.45) is 9.48. The van der Waals surface area contributed by atoms with Gasteiger partial charge in [0.25, 0.3) is 0 Å². The number of hydroxylamine groups is 1. The van der Waals surface area contributed by atoms with Gasteiger partial charge in [-0.05, 0) is 70.2 Å². The lowest BCUT2D eigenvalue weighted by atomic mass is 9.98. The minimum Gasteiger partial charge on any atom is -0.497 e. The van der Waals surface area contributed by atoms with Crippen LogP contribution < -0.4 is 4.74 Å². The maximum atomic E-state index is 6.49. The fourth-order valence-electron chi connectivity index (χ4n) is 5.15. The maximum Gasteiger partial charge on any atom is 0.119 e. The van der Waals surface area contributed by atoms with E-state index in [-0.39, 0.29) is 6.04 Å². The topological polar surface area (TPSA) is 28.2 Å². The second-order valence-corrected chi connectivity index (χ2v) is 8.39. The first-order valence-corrected chi connectivity index (χ1v) is 10.4. The molecular weight excluding hydrogens is 338 g/mol. The molecule has 2 unspecified atom stereocenters. The van der Waals surface area contributed by atoms with Crippen molar-refractivity contribution < 1.29 is 9.57 Å². The molecule has 27 heavy (non-hydrogen) atoms. The van der Waals surface area contributed by atoms with Crippen LogP contribution in [0.2, 0.25) is 0 Å². The van der Waals surface area contributed by atoms with Gasteiger partial charge in [-0.1, -0.05) is 12.1 Å². The van der Waals surface area contributed by atoms with E-state index in [1.807, 2.05) is 11.2 Å². The van der Waals surface area contributed by atoms with Crippen LogP contribution in [-0.4, -0.2) is 53.0 Å². The molecule has 3 aliphatic rings. The van der Waals surface area contributed by atoms with E-state index < -0.39 is 0 Å². The Kier molecular flexibility index (Phi) is 5.44. The lowest BCUT2D eigenvalue weighted by Gasteiger charge is -2.43. The number of methoxy groups -OCH3 is 1. The second kappa shape index (κ2) is 7.82. The van der Waals surface area contributed by atoms with E-state index in [0.29, 0.717) is 24.2 Å². The van der Waals surface area contributed by atoms with Crippen molar-refractivity contribution in [2.45, 2.75) is 76.7 Å². The van der Waals surface area contributed by atoms with Crippen LogP contribution in [0.15, 0.2) is 36.5 Å². The summed E-state index contributed by atoms with van der Waals surface area (Å²) in [5.74, 6) is 0.900. The first-order chi connectivity index (χ1) is 13.1. The SMILES string of the molecule is COc1cccc([C@H](C)N2CC=CN2OC2CC3CCC(C2)N3C(C)C)c1. The molecule has 2 fully saturated rings. The van der Waals surface area contributed by atoms with Crippen LogP contribution in [-0.2, 0) is 4.84 Å². The molecule has 3 aliphatic heterocycles. The van der Waals surface area contributed by atoms with Crippen molar-refractivity contribution in [2.75, 3.05) is 13.7 Å². The van der Waals surface area contributed by atoms with Gasteiger partial charge in [-0.2, -0.15) is 10.2 Å². The molecule has 148 valence electrons. The third kappa shape index (κ3) is 3.73. The fraction of sp³-hybridized carbons (Fsp3) is 0.636. The lowest BCUT2D eigenvalue weighted by Crippen LogP contribution is -2.50. The maximum absolute atomic E-state index is 6.49. The van der Waals surface area contributed by atoms with Gasteiger partial charge in [0.05, 0.1) is 19.3 Å². The highest BCUT2D eigenvalue weighted by Crippen LogP contribution is 2.39. The smallest absolute Gasteiger partial charge is 0.119 e. The summed E-state index contributed by atoms with van der Waals surface area (Å²) < 4.78 is 5.39. The van der Waals surface area contributed by atoms with E-state index in [1.54, 1.807) is 7.11 Å². The minimum absolute atomic E-state index is 0.225. The molecule has 1 aromatic carbocycles. The zero-order valence-corrected chi connectivity index (χ0v) is 17.0. The monoisotopic (exact) mass is 371 g/mol. The molecule has 0 saturated carbocycles. The lowest BCUT2D eigenvalue weighted by molar-refractivity contribution is -0.286. The summed E-state index contributed by atoms with van der Waals surface area (Å²) in [7, 11) is 1.72. The zero-order chi connectivity index (χ0) is 19.0. The van der Waals surface area contributed by atoms with E-state index in [4.69, 9.17) is 9.57 Å². The normalized spacial score (nSPS) is 29.7. The third-order valence-electron chi connectivity index (χ3n) is 6.40. The number of fused-ring (bicyclic) bond motifs is 2. The predicted molar refractivity (Wildman–Crippen MR) is 107 cm³/mol. The van der Waals surface area contributed by atoms with Gasteiger partial charge < -0.3 is 4.74 Å². The Morgan fingerprint density at radius 2 is 1.81 bits per heavy atom. The summed E-state index contributed by atoms with van der Waals surface area (Å²) in [4.78, 5) is 9.21. The minimum atomic E-state index is 0.225. The van der Waals surface area contributed by atoms with Gasteiger partial charge in [-0.25, -0.2) is 0 Å². The number of piperidine rings is 1. The molecule has 5 heteroatoms. The Morgan fingerprint density at radius 3 is 2.48 bits per heavy atom. The van der Waals surface area contributed by atoms with Gasteiger partial charge in [0, 0.05) is 30.9 Å². The number of benzene rings is 1. The van der Waals surface area contributed by atoms with Gasteiger partial charge in [0.2, 0.25) is 0 Å². The van der Waals surface area contributed by atoms with Gasteiger partial charge in [0.1, 0.15) is 5.75 Å². The number of nitrogens with zero attached hydrogens (tertiary/aromatic N) is 3. The first-order valence-electron chi connectivity index (χ1n) is 10.4. The number of hydrogen-bond acceptors (Lipinski definition) is 5. The quantitative estimate of drug-likeness (QED) is 0.749. The van der Waals surface area contributed by atoms with Gasteiger partial charge in [-0.3, -0.25) is 9.74 Å². The Hall–Kier alpha value is -1.56. The summed E-state index contributed by atoms with van der Waals surface area (Å²) >= 11 is 0. The first kappa shape index (κ1) is 18.8. The van der Waals surface area contributed by atoms with Crippen LogP contribution in [0.5, 0.6) is 5.75 Å². The molecule has 5 nitrogen and oxygen atoms in total. The molecule has 0 spiro atoms. The molecular formula is C22H33N3O2. The van der Waals surface area contributed by atoms with Crippen LogP contribution in [0.1, 0.15) is 58.1 Å². The van der Waals surface area contributed by atoms with Gasteiger partial charge in [-0.15, -0.1) is 0 Å². The van der Waals surface area contributed by atoms with Crippen molar-refractivity contribution in [1.29, 1.82) is 0 Å². The summed E-state index contributed by atoms with van der Waals surface area (Å²) in [6.45, 7) is 7.75. The van der Waals surface area contributed by atoms with Crippen molar-refractivity contribution >= 4 is 0 Å². The van der Waals surface area contributed by atoms with Gasteiger partial charge >= 0.3 is 0 Å². The highest BCUT2D eigenvalue weighted by molar-refractivity contribution is 5.30. The van der Waals surface area contributed by atoms with Crippen LogP contribution in [0, 0.1) is 0 Å². The van der Waals surface area contributed by atoms with E-state index in [9.17, 15) is 0 Å². The number of hydrogen-bond donors (Lipinski definition) is 0. The Bertz CT molecular complexity index is 663. The molecule has 0 amide bonds. The average molecular weight is 372 g/mol. The second-order valence-electron chi connectivity index (χ2n) is 8.39. The van der Waals surface area contributed by atoms with E-state index in [2.05, 4.69) is 61.2 Å². The Morgan fingerprint density at radius 1 is 1.07 bits per heavy atom. The molecule has 3 atom stereocenters. The van der Waals surface area contributed by atoms with Crippen LogP contribution in [0.3, 0.4) is 0 Å². The summed E-state index contributed by atoms with van der Waals surface area (Å²) in [6, 6.07) is 10.5. The molecule has 0 aromatic heterocycles. The third-order valence-corrected chi connectivity index (χ3v) is 6.40. The molecule has 4 rings (SSSR count). The van der Waals surface area contributed by atoms with Gasteiger partial charge in [0.15, 0.2) is 0 Å². The van der Waals surface area contributed by atoms with Crippen molar-refractivity contribution in [3.63, 3.8) is 0 Å². The largest absolute Gasteiger partial charge is 0.497 e. The standard InChI is InChI=1S/C22H33N3O2/c1-16(2)25-19-9-10-20(25)15-22(14-19)27-24-12-6-11-23(24)17(3)18-7-5-8-21(13-18)26-4/h5-8,12-13,16-17,19-20,22H,9-11,14-15H2,1-4H3/t17-,19?,20?,22?/m0/s1. The van der Waals surface area contributed by atoms with Crippen LogP contribution in [0.4, 0.5) is 0 Å². The predicted octanol–water partition coefficient (Wildman–Crippen LogP) is 4.14. The molecule has 1 aromatic rings. The Labute approximate surface area is 163 Å². The molecule has 0 N–H and O–H groups in total. The summed E-state index contributed by atoms with van der Waals surface area (Å²) in [5, 5.41) is 4.27. The molecule has 0 aliphatic carbocycles. The highest BCUT2D eigenvalue weighted by Gasteiger charge is 2.43. The van der Waals surface area contributed by atoms with Crippen molar-refractivity contribution in [2.24, 2.45) is 0 Å². The van der Waals surface area contributed by atoms with E-state index in [0.717, 1.165) is 25.1 Å². The van der Waals surface area contributed by atoms with Crippen LogP contribution >= 0.6 is 0 Å². The number of hydrazine groups is 1. The number of ether oxygens (including phenoxy) is 1. The highest BCUT2D eigenvalue weighted by atomic mass is 16.7. The van der Waals surface area contributed by atoms with E-state index in [1.165, 1.54) is 18.4 Å². The summed E-state index contributed by atoms with van der Waals surface area (Å²) in [5.41, 5.74) is 1.24. The zero-order valence-electron chi connectivity index (χ0n) is 17.0. The molecule has 3 heterocycles. The molecule has 2 saturated heterocycles. The van der Waals surface area contributed by atoms with Crippen molar-refractivity contribution in [1.82, 2.24) is 15.1 Å². The molecule has 0 radical (unpaired) electrons. The van der Waals surface area contributed by atoms with Crippen molar-refractivity contribution in [3.05, 3.63) is 42.1 Å². The fourth-order valence-corrected chi connectivity index (χ4v) is 5.15. The Balaban J connectivity index is 1.41. The van der Waals surface area contributed by atoms with Crippen molar-refractivity contribution in [3.8, 4) is 5.75 Å². The van der Waals surface area contributed by atoms with E-state index >= 15 is 0 Å². The van der Waals surface area contributed by atoms with Crippen LogP contribution in [0.25, 0.3) is 0 Å². The molecule has 2 bridgehead atoms.